The lowest BCUT2D eigenvalue weighted by atomic mass is 9.98. The maximum Gasteiger partial charge on any atom is 0.335 e. The molecule has 108 valence electrons. The van der Waals surface area contributed by atoms with E-state index < -0.39 is 5.97 Å². The summed E-state index contributed by atoms with van der Waals surface area (Å²) < 4.78 is 0. The molecule has 0 radical (unpaired) electrons. The number of fused-ring (bicyclic) bond motifs is 1. The first-order chi connectivity index (χ1) is 9.65. The number of benzene rings is 1. The Morgan fingerprint density at radius 1 is 1.25 bits per heavy atom. The van der Waals surface area contributed by atoms with E-state index in [1.54, 1.807) is 12.1 Å². The topological polar surface area (TPSA) is 43.8 Å². The normalized spacial score (nSPS) is 23.4. The second-order valence-electron chi connectivity index (χ2n) is 5.94. The number of hydrogen-bond acceptors (Lipinski definition) is 3. The third kappa shape index (κ3) is 2.52. The molecule has 2 fully saturated rings. The van der Waals surface area contributed by atoms with E-state index in [4.69, 9.17) is 5.11 Å². The minimum atomic E-state index is -0.850. The smallest absolute Gasteiger partial charge is 0.335 e. The lowest BCUT2D eigenvalue weighted by molar-refractivity contribution is 0.0697. The highest BCUT2D eigenvalue weighted by atomic mass is 16.4. The average Bonchev–Trinajstić information content (AvgIpc) is 2.46. The van der Waals surface area contributed by atoms with Crippen molar-refractivity contribution in [1.29, 1.82) is 0 Å². The van der Waals surface area contributed by atoms with Crippen LogP contribution in [0.5, 0.6) is 0 Å². The maximum atomic E-state index is 11.0. The van der Waals surface area contributed by atoms with E-state index in [-0.39, 0.29) is 0 Å². The molecular weight excluding hydrogens is 252 g/mol. The zero-order valence-corrected chi connectivity index (χ0v) is 12.0. The number of carboxylic acid groups (broad SMARTS) is 1. The Kier molecular flexibility index (Phi) is 3.66. The number of piperidine rings is 1. The van der Waals surface area contributed by atoms with Crippen LogP contribution in [0.4, 0.5) is 5.69 Å². The van der Waals surface area contributed by atoms with Crippen LogP contribution >= 0.6 is 0 Å². The van der Waals surface area contributed by atoms with E-state index in [0.29, 0.717) is 11.6 Å². The molecule has 2 aliphatic heterocycles. The van der Waals surface area contributed by atoms with Crippen molar-refractivity contribution in [2.45, 2.75) is 32.2 Å². The third-order valence-corrected chi connectivity index (χ3v) is 4.62. The van der Waals surface area contributed by atoms with Gasteiger partial charge in [-0.2, -0.15) is 0 Å². The Hall–Kier alpha value is -1.55. The monoisotopic (exact) mass is 274 g/mol. The number of piperazine rings is 1. The minimum Gasteiger partial charge on any atom is -0.478 e. The van der Waals surface area contributed by atoms with Crippen molar-refractivity contribution in [3.8, 4) is 0 Å². The quantitative estimate of drug-likeness (QED) is 0.899. The molecule has 2 heterocycles. The molecule has 20 heavy (non-hydrogen) atoms. The summed E-state index contributed by atoms with van der Waals surface area (Å²) in [5.41, 5.74) is 2.64. The molecular formula is C16H22N2O2. The van der Waals surface area contributed by atoms with E-state index in [0.717, 1.165) is 25.2 Å². The molecule has 1 aromatic carbocycles. The Morgan fingerprint density at radius 2 is 2.10 bits per heavy atom. The summed E-state index contributed by atoms with van der Waals surface area (Å²) in [5.74, 6) is -0.850. The minimum absolute atomic E-state index is 0.377. The van der Waals surface area contributed by atoms with Crippen LogP contribution in [0.3, 0.4) is 0 Å². The first kappa shape index (κ1) is 13.4. The summed E-state index contributed by atoms with van der Waals surface area (Å²) >= 11 is 0. The second kappa shape index (κ2) is 5.44. The Bertz CT molecular complexity index is 515. The Labute approximate surface area is 120 Å². The first-order valence-electron chi connectivity index (χ1n) is 7.48. The van der Waals surface area contributed by atoms with Crippen molar-refractivity contribution < 1.29 is 9.90 Å². The van der Waals surface area contributed by atoms with E-state index in [9.17, 15) is 4.79 Å². The van der Waals surface area contributed by atoms with Gasteiger partial charge < -0.3 is 10.0 Å². The van der Waals surface area contributed by atoms with Gasteiger partial charge in [0.1, 0.15) is 0 Å². The fourth-order valence-corrected chi connectivity index (χ4v) is 3.52. The van der Waals surface area contributed by atoms with Gasteiger partial charge in [0.15, 0.2) is 0 Å². The molecule has 0 bridgehead atoms. The number of hydrogen-bond donors (Lipinski definition) is 1. The van der Waals surface area contributed by atoms with Crippen molar-refractivity contribution in [2.24, 2.45) is 0 Å². The molecule has 2 aliphatic rings. The van der Waals surface area contributed by atoms with E-state index in [2.05, 4.69) is 9.80 Å². The van der Waals surface area contributed by atoms with Gasteiger partial charge in [-0.3, -0.25) is 4.90 Å². The molecule has 0 aromatic heterocycles. The van der Waals surface area contributed by atoms with Crippen LogP contribution in [0.2, 0.25) is 0 Å². The van der Waals surface area contributed by atoms with Crippen LogP contribution in [0.15, 0.2) is 18.2 Å². The summed E-state index contributed by atoms with van der Waals surface area (Å²) in [7, 11) is 0. The highest BCUT2D eigenvalue weighted by molar-refractivity contribution is 5.88. The van der Waals surface area contributed by atoms with Gasteiger partial charge in [0, 0.05) is 31.4 Å². The molecule has 1 unspecified atom stereocenters. The van der Waals surface area contributed by atoms with E-state index in [1.165, 1.54) is 31.5 Å². The van der Waals surface area contributed by atoms with Crippen molar-refractivity contribution in [2.75, 3.05) is 31.1 Å². The zero-order valence-electron chi connectivity index (χ0n) is 12.0. The summed E-state index contributed by atoms with van der Waals surface area (Å²) in [6.45, 7) is 6.51. The van der Waals surface area contributed by atoms with Gasteiger partial charge in [-0.05, 0) is 50.1 Å². The highest BCUT2D eigenvalue weighted by Gasteiger charge is 2.29. The average molecular weight is 274 g/mol. The number of aromatic carboxylic acids is 1. The fourth-order valence-electron chi connectivity index (χ4n) is 3.52. The predicted octanol–water partition coefficient (Wildman–Crippen LogP) is 2.37. The lowest BCUT2D eigenvalue weighted by Gasteiger charge is -2.45. The lowest BCUT2D eigenvalue weighted by Crippen LogP contribution is -2.55. The summed E-state index contributed by atoms with van der Waals surface area (Å²) in [6.07, 6.45) is 3.97. The van der Waals surface area contributed by atoms with E-state index in [1.807, 2.05) is 13.0 Å². The Balaban J connectivity index is 1.78. The van der Waals surface area contributed by atoms with Gasteiger partial charge in [0.25, 0.3) is 0 Å². The molecule has 0 spiro atoms. The summed E-state index contributed by atoms with van der Waals surface area (Å²) in [4.78, 5) is 16.0. The van der Waals surface area contributed by atoms with Gasteiger partial charge in [-0.1, -0.05) is 6.42 Å². The van der Waals surface area contributed by atoms with E-state index >= 15 is 0 Å². The van der Waals surface area contributed by atoms with Crippen LogP contribution in [-0.4, -0.2) is 48.2 Å². The summed E-state index contributed by atoms with van der Waals surface area (Å²) in [6, 6.07) is 6.15. The Morgan fingerprint density at radius 3 is 2.85 bits per heavy atom. The number of carbonyl (C=O) groups is 1. The van der Waals surface area contributed by atoms with Gasteiger partial charge in [0.2, 0.25) is 0 Å². The van der Waals surface area contributed by atoms with Gasteiger partial charge >= 0.3 is 5.97 Å². The molecule has 2 saturated heterocycles. The summed E-state index contributed by atoms with van der Waals surface area (Å²) in [5, 5.41) is 9.04. The fraction of sp³-hybridized carbons (Fsp3) is 0.562. The van der Waals surface area contributed by atoms with Crippen LogP contribution in [0.25, 0.3) is 0 Å². The molecule has 4 heteroatoms. The number of anilines is 1. The van der Waals surface area contributed by atoms with Crippen LogP contribution in [0.1, 0.15) is 35.2 Å². The SMILES string of the molecule is Cc1cc(C(=O)O)ccc1N1CCN2CCCCC2C1. The molecule has 1 N–H and O–H groups in total. The van der Waals surface area contributed by atoms with Crippen LogP contribution < -0.4 is 4.90 Å². The van der Waals surface area contributed by atoms with Crippen LogP contribution in [0, 0.1) is 6.92 Å². The second-order valence-corrected chi connectivity index (χ2v) is 5.94. The standard InChI is InChI=1S/C16H22N2O2/c1-12-10-13(16(19)20)5-6-15(12)18-9-8-17-7-3-2-4-14(17)11-18/h5-6,10,14H,2-4,7-9,11H2,1H3,(H,19,20). The van der Waals surface area contributed by atoms with Gasteiger partial charge in [0.05, 0.1) is 5.56 Å². The largest absolute Gasteiger partial charge is 0.478 e. The van der Waals surface area contributed by atoms with Crippen molar-refractivity contribution >= 4 is 11.7 Å². The third-order valence-electron chi connectivity index (χ3n) is 4.62. The number of aryl methyl sites for hydroxylation is 1. The molecule has 0 aliphatic carbocycles. The molecule has 1 atom stereocenters. The number of carboxylic acids is 1. The molecule has 0 amide bonds. The van der Waals surface area contributed by atoms with Crippen LogP contribution in [-0.2, 0) is 0 Å². The highest BCUT2D eigenvalue weighted by Crippen LogP contribution is 2.27. The molecule has 4 nitrogen and oxygen atoms in total. The van der Waals surface area contributed by atoms with Crippen molar-refractivity contribution in [3.63, 3.8) is 0 Å². The van der Waals surface area contributed by atoms with Gasteiger partial charge in [-0.25, -0.2) is 4.79 Å². The number of rotatable bonds is 2. The van der Waals surface area contributed by atoms with Crippen molar-refractivity contribution in [1.82, 2.24) is 4.90 Å². The molecule has 0 saturated carbocycles. The van der Waals surface area contributed by atoms with Crippen molar-refractivity contribution in [3.05, 3.63) is 29.3 Å². The number of nitrogens with zero attached hydrogens (tertiary/aromatic N) is 2. The first-order valence-corrected chi connectivity index (χ1v) is 7.48. The maximum absolute atomic E-state index is 11.0. The molecule has 1 aromatic rings. The zero-order chi connectivity index (χ0) is 14.1. The molecule has 3 rings (SSSR count). The predicted molar refractivity (Wildman–Crippen MR) is 79.6 cm³/mol. The van der Waals surface area contributed by atoms with Gasteiger partial charge in [-0.15, -0.1) is 0 Å².